The summed E-state index contributed by atoms with van der Waals surface area (Å²) < 4.78 is 16.8. The van der Waals surface area contributed by atoms with E-state index < -0.39 is 24.5 Å². The number of aryl methyl sites for hydroxylation is 1. The van der Waals surface area contributed by atoms with Gasteiger partial charge in [-0.2, -0.15) is 5.26 Å². The number of carbonyl (C=O) groups is 3. The van der Waals surface area contributed by atoms with Crippen LogP contribution >= 0.6 is 0 Å². The van der Waals surface area contributed by atoms with Gasteiger partial charge in [-0.1, -0.05) is 12.1 Å². The van der Waals surface area contributed by atoms with Gasteiger partial charge < -0.3 is 24.1 Å². The summed E-state index contributed by atoms with van der Waals surface area (Å²) >= 11 is 0. The van der Waals surface area contributed by atoms with Crippen molar-refractivity contribution in [2.24, 2.45) is 0 Å². The number of amides is 1. The van der Waals surface area contributed by atoms with E-state index in [9.17, 15) is 19.6 Å². The Labute approximate surface area is 192 Å². The number of nitrogens with one attached hydrogen (secondary N) is 1. The number of aromatic nitrogens is 1. The minimum absolute atomic E-state index is 0.187. The molecule has 0 unspecified atom stereocenters. The summed E-state index contributed by atoms with van der Waals surface area (Å²) in [5.74, 6) is -1.84. The van der Waals surface area contributed by atoms with E-state index in [-0.39, 0.29) is 12.1 Å². The zero-order valence-corrected chi connectivity index (χ0v) is 19.1. The van der Waals surface area contributed by atoms with Crippen molar-refractivity contribution in [1.29, 1.82) is 5.26 Å². The highest BCUT2D eigenvalue weighted by Crippen LogP contribution is 2.18. The third-order valence-electron chi connectivity index (χ3n) is 4.97. The molecule has 1 N–H and O–H groups in total. The minimum atomic E-state index is -0.878. The lowest BCUT2D eigenvalue weighted by atomic mass is 10.1. The summed E-state index contributed by atoms with van der Waals surface area (Å²) in [5.41, 5.74) is 3.53. The number of esters is 2. The molecular weight excluding hydrogens is 426 g/mol. The number of hydrogen-bond donors (Lipinski definition) is 1. The van der Waals surface area contributed by atoms with Gasteiger partial charge in [-0.15, -0.1) is 0 Å². The topological polar surface area (TPSA) is 120 Å². The molecule has 0 radical (unpaired) electrons. The first-order valence-corrected chi connectivity index (χ1v) is 10.2. The quantitative estimate of drug-likeness (QED) is 0.333. The summed E-state index contributed by atoms with van der Waals surface area (Å²) in [6.07, 6.45) is 1.45. The van der Waals surface area contributed by atoms with Crippen LogP contribution in [0.5, 0.6) is 0 Å². The summed E-state index contributed by atoms with van der Waals surface area (Å²) in [7, 11) is 2.92. The molecule has 9 nitrogen and oxygen atoms in total. The molecule has 1 amide bonds. The molecule has 0 bridgehead atoms. The number of rotatable bonds is 10. The van der Waals surface area contributed by atoms with E-state index in [0.717, 1.165) is 22.5 Å². The SMILES string of the molecule is COCCn1c(C)cc(/C=C(\C#N)C(=O)OCC(=O)NCc2ccc(C(=O)OC)cc2)c1C. The lowest BCUT2D eigenvalue weighted by molar-refractivity contribution is -0.144. The summed E-state index contributed by atoms with van der Waals surface area (Å²) in [4.78, 5) is 35.8. The largest absolute Gasteiger partial charge is 0.465 e. The van der Waals surface area contributed by atoms with Gasteiger partial charge in [-0.05, 0) is 49.2 Å². The Balaban J connectivity index is 1.92. The Morgan fingerprint density at radius 2 is 1.85 bits per heavy atom. The van der Waals surface area contributed by atoms with Crippen LogP contribution in [-0.4, -0.2) is 49.8 Å². The fraction of sp³-hybridized carbons (Fsp3) is 0.333. The van der Waals surface area contributed by atoms with Crippen molar-refractivity contribution in [3.63, 3.8) is 0 Å². The van der Waals surface area contributed by atoms with Crippen molar-refractivity contribution in [2.75, 3.05) is 27.4 Å². The van der Waals surface area contributed by atoms with E-state index >= 15 is 0 Å². The Kier molecular flexibility index (Phi) is 9.39. The lowest BCUT2D eigenvalue weighted by Crippen LogP contribution is -2.28. The van der Waals surface area contributed by atoms with Crippen molar-refractivity contribution in [2.45, 2.75) is 26.9 Å². The molecule has 0 atom stereocenters. The molecule has 0 saturated carbocycles. The van der Waals surface area contributed by atoms with E-state index in [1.807, 2.05) is 30.6 Å². The molecule has 0 fully saturated rings. The van der Waals surface area contributed by atoms with Crippen LogP contribution in [0, 0.1) is 25.2 Å². The van der Waals surface area contributed by atoms with Crippen LogP contribution in [0.2, 0.25) is 0 Å². The molecule has 33 heavy (non-hydrogen) atoms. The van der Waals surface area contributed by atoms with Crippen LogP contribution in [0.25, 0.3) is 6.08 Å². The maximum atomic E-state index is 12.3. The first-order chi connectivity index (χ1) is 15.8. The molecule has 0 saturated heterocycles. The highest BCUT2D eigenvalue weighted by atomic mass is 16.5. The van der Waals surface area contributed by atoms with Crippen LogP contribution in [0.15, 0.2) is 35.9 Å². The van der Waals surface area contributed by atoms with Gasteiger partial charge >= 0.3 is 11.9 Å². The summed E-state index contributed by atoms with van der Waals surface area (Å²) in [6, 6.07) is 10.2. The maximum Gasteiger partial charge on any atom is 0.349 e. The average Bonchev–Trinajstić information content (AvgIpc) is 3.09. The fourth-order valence-electron chi connectivity index (χ4n) is 3.13. The van der Waals surface area contributed by atoms with Crippen LogP contribution in [-0.2, 0) is 36.9 Å². The molecule has 0 aliphatic heterocycles. The highest BCUT2D eigenvalue weighted by Gasteiger charge is 2.15. The molecule has 2 aromatic rings. The third-order valence-corrected chi connectivity index (χ3v) is 4.97. The number of hydrogen-bond acceptors (Lipinski definition) is 7. The Bertz CT molecular complexity index is 1080. The third kappa shape index (κ3) is 7.05. The zero-order chi connectivity index (χ0) is 24.4. The standard InChI is InChI=1S/C24H27N3O6/c1-16-11-20(17(2)27(16)9-10-31-3)12-21(13-25)24(30)33-15-22(28)26-14-18-5-7-19(8-6-18)23(29)32-4/h5-8,11-12H,9-10,14-15H2,1-4H3,(H,26,28)/b21-12+. The molecular formula is C24H27N3O6. The minimum Gasteiger partial charge on any atom is -0.465 e. The number of carbonyl (C=O) groups excluding carboxylic acids is 3. The van der Waals surface area contributed by atoms with Gasteiger partial charge in [0.05, 0.1) is 19.3 Å². The van der Waals surface area contributed by atoms with E-state index in [2.05, 4.69) is 10.1 Å². The van der Waals surface area contributed by atoms with Crippen LogP contribution in [0.4, 0.5) is 0 Å². The first kappa shape index (κ1) is 25.4. The number of ether oxygens (including phenoxy) is 3. The second-order valence-electron chi connectivity index (χ2n) is 7.18. The van der Waals surface area contributed by atoms with Crippen molar-refractivity contribution in [3.8, 4) is 6.07 Å². The maximum absolute atomic E-state index is 12.3. The lowest BCUT2D eigenvalue weighted by Gasteiger charge is -2.08. The zero-order valence-electron chi connectivity index (χ0n) is 19.1. The smallest absolute Gasteiger partial charge is 0.349 e. The van der Waals surface area contributed by atoms with E-state index in [1.54, 1.807) is 31.4 Å². The van der Waals surface area contributed by atoms with Gasteiger partial charge in [-0.25, -0.2) is 9.59 Å². The van der Waals surface area contributed by atoms with E-state index in [1.165, 1.54) is 13.2 Å². The summed E-state index contributed by atoms with van der Waals surface area (Å²) in [6.45, 7) is 4.67. The molecule has 1 aromatic heterocycles. The van der Waals surface area contributed by atoms with Crippen molar-refractivity contribution in [3.05, 3.63) is 64.0 Å². The number of nitrogens with zero attached hydrogens (tertiary/aromatic N) is 2. The predicted octanol–water partition coefficient (Wildman–Crippen LogP) is 2.30. The second kappa shape index (κ2) is 12.2. The van der Waals surface area contributed by atoms with Crippen LogP contribution in [0.3, 0.4) is 0 Å². The van der Waals surface area contributed by atoms with Gasteiger partial charge in [0.15, 0.2) is 6.61 Å². The normalized spacial score (nSPS) is 10.9. The summed E-state index contributed by atoms with van der Waals surface area (Å²) in [5, 5.41) is 12.0. The average molecular weight is 453 g/mol. The Morgan fingerprint density at radius 1 is 1.15 bits per heavy atom. The van der Waals surface area contributed by atoms with Crippen molar-refractivity contribution < 1.29 is 28.6 Å². The van der Waals surface area contributed by atoms with Crippen molar-refractivity contribution >= 4 is 23.9 Å². The molecule has 9 heteroatoms. The highest BCUT2D eigenvalue weighted by molar-refractivity contribution is 5.99. The molecule has 0 spiro atoms. The number of nitriles is 1. The Morgan fingerprint density at radius 3 is 2.45 bits per heavy atom. The second-order valence-corrected chi connectivity index (χ2v) is 7.18. The molecule has 2 rings (SSSR count). The van der Waals surface area contributed by atoms with E-state index in [4.69, 9.17) is 9.47 Å². The van der Waals surface area contributed by atoms with Gasteiger partial charge in [0, 0.05) is 31.6 Å². The Hall–Kier alpha value is -3.90. The van der Waals surface area contributed by atoms with Gasteiger partial charge in [-0.3, -0.25) is 4.79 Å². The van der Waals surface area contributed by atoms with Gasteiger partial charge in [0.2, 0.25) is 0 Å². The fourth-order valence-corrected chi connectivity index (χ4v) is 3.13. The first-order valence-electron chi connectivity index (χ1n) is 10.2. The van der Waals surface area contributed by atoms with Gasteiger partial charge in [0.25, 0.3) is 5.91 Å². The van der Waals surface area contributed by atoms with Crippen LogP contribution in [0.1, 0.15) is 32.9 Å². The molecule has 174 valence electrons. The molecule has 1 heterocycles. The van der Waals surface area contributed by atoms with Gasteiger partial charge in [0.1, 0.15) is 11.6 Å². The molecule has 1 aromatic carbocycles. The monoisotopic (exact) mass is 453 g/mol. The molecule has 0 aliphatic rings. The van der Waals surface area contributed by atoms with E-state index in [0.29, 0.717) is 18.7 Å². The van der Waals surface area contributed by atoms with Crippen LogP contribution < -0.4 is 5.32 Å². The number of benzene rings is 1. The van der Waals surface area contributed by atoms with Crippen molar-refractivity contribution in [1.82, 2.24) is 9.88 Å². The number of methoxy groups -OCH3 is 2. The molecule has 0 aliphatic carbocycles. The predicted molar refractivity (Wildman–Crippen MR) is 120 cm³/mol.